The van der Waals surface area contributed by atoms with Gasteiger partial charge >= 0.3 is 0 Å². The SMILES string of the molecule is CC(C)c1ccc(N2CCC(O)(CN(C)C)CC2)cn1. The predicted octanol–water partition coefficient (Wildman–Crippen LogP) is 2.10. The van der Waals surface area contributed by atoms with Crippen LogP contribution in [0.25, 0.3) is 0 Å². The van der Waals surface area contributed by atoms with Crippen molar-refractivity contribution in [2.24, 2.45) is 0 Å². The summed E-state index contributed by atoms with van der Waals surface area (Å²) in [7, 11) is 4.03. The maximum atomic E-state index is 10.5. The third-order valence-electron chi connectivity index (χ3n) is 4.03. The lowest BCUT2D eigenvalue weighted by Crippen LogP contribution is -2.49. The summed E-state index contributed by atoms with van der Waals surface area (Å²) < 4.78 is 0. The van der Waals surface area contributed by atoms with Crippen LogP contribution < -0.4 is 4.90 Å². The van der Waals surface area contributed by atoms with Crippen molar-refractivity contribution in [3.8, 4) is 0 Å². The number of aromatic nitrogens is 1. The third-order valence-corrected chi connectivity index (χ3v) is 4.03. The zero-order chi connectivity index (χ0) is 14.8. The van der Waals surface area contributed by atoms with Crippen molar-refractivity contribution in [2.75, 3.05) is 38.6 Å². The number of hydrogen-bond donors (Lipinski definition) is 1. The van der Waals surface area contributed by atoms with Crippen molar-refractivity contribution in [1.82, 2.24) is 9.88 Å². The molecule has 0 saturated carbocycles. The summed E-state index contributed by atoms with van der Waals surface area (Å²) >= 11 is 0. The Balaban J connectivity index is 1.96. The van der Waals surface area contributed by atoms with Crippen molar-refractivity contribution in [3.63, 3.8) is 0 Å². The standard InChI is InChI=1S/C16H27N3O/c1-13(2)15-6-5-14(11-17-15)19-9-7-16(20,8-10-19)12-18(3)4/h5-6,11,13,20H,7-10,12H2,1-4H3. The first-order chi connectivity index (χ1) is 9.39. The lowest BCUT2D eigenvalue weighted by Gasteiger charge is -2.40. The summed E-state index contributed by atoms with van der Waals surface area (Å²) in [6.45, 7) is 6.85. The highest BCUT2D eigenvalue weighted by Gasteiger charge is 2.32. The zero-order valence-electron chi connectivity index (χ0n) is 13.1. The van der Waals surface area contributed by atoms with Crippen molar-refractivity contribution in [3.05, 3.63) is 24.0 Å². The highest BCUT2D eigenvalue weighted by Crippen LogP contribution is 2.27. The van der Waals surface area contributed by atoms with Gasteiger partial charge < -0.3 is 14.9 Å². The summed E-state index contributed by atoms with van der Waals surface area (Å²) in [5, 5.41) is 10.5. The Morgan fingerprint density at radius 1 is 1.30 bits per heavy atom. The zero-order valence-corrected chi connectivity index (χ0v) is 13.1. The number of rotatable bonds is 4. The van der Waals surface area contributed by atoms with Crippen LogP contribution in [0.2, 0.25) is 0 Å². The van der Waals surface area contributed by atoms with E-state index in [1.54, 1.807) is 0 Å². The lowest BCUT2D eigenvalue weighted by molar-refractivity contribution is -0.00538. The van der Waals surface area contributed by atoms with E-state index in [9.17, 15) is 5.11 Å². The molecule has 0 aromatic carbocycles. The van der Waals surface area contributed by atoms with E-state index >= 15 is 0 Å². The summed E-state index contributed by atoms with van der Waals surface area (Å²) in [5.74, 6) is 0.468. The third kappa shape index (κ3) is 3.70. The summed E-state index contributed by atoms with van der Waals surface area (Å²) in [5.41, 5.74) is 1.77. The van der Waals surface area contributed by atoms with Crippen molar-refractivity contribution < 1.29 is 5.11 Å². The van der Waals surface area contributed by atoms with Gasteiger partial charge in [-0.3, -0.25) is 4.98 Å². The normalized spacial score (nSPS) is 18.9. The van der Waals surface area contributed by atoms with Crippen LogP contribution in [0.4, 0.5) is 5.69 Å². The number of nitrogens with zero attached hydrogens (tertiary/aromatic N) is 3. The molecule has 1 aliphatic rings. The molecule has 2 heterocycles. The Labute approximate surface area is 122 Å². The molecule has 1 aromatic heterocycles. The van der Waals surface area contributed by atoms with Crippen LogP contribution in [0.1, 0.15) is 38.3 Å². The molecule has 4 nitrogen and oxygen atoms in total. The molecule has 0 radical (unpaired) electrons. The molecule has 1 saturated heterocycles. The second-order valence-electron chi connectivity index (χ2n) is 6.55. The van der Waals surface area contributed by atoms with E-state index in [4.69, 9.17) is 0 Å². The quantitative estimate of drug-likeness (QED) is 0.915. The van der Waals surface area contributed by atoms with E-state index in [1.807, 2.05) is 20.3 Å². The molecule has 20 heavy (non-hydrogen) atoms. The van der Waals surface area contributed by atoms with Crippen LogP contribution in [-0.4, -0.2) is 54.3 Å². The first-order valence-electron chi connectivity index (χ1n) is 7.48. The topological polar surface area (TPSA) is 39.6 Å². The average molecular weight is 277 g/mol. The number of hydrogen-bond acceptors (Lipinski definition) is 4. The Hall–Kier alpha value is -1.13. The highest BCUT2D eigenvalue weighted by atomic mass is 16.3. The van der Waals surface area contributed by atoms with Gasteiger partial charge in [0.1, 0.15) is 0 Å². The van der Waals surface area contributed by atoms with Gasteiger partial charge in [-0.2, -0.15) is 0 Å². The molecular formula is C16H27N3O. The predicted molar refractivity (Wildman–Crippen MR) is 83.3 cm³/mol. The first kappa shape index (κ1) is 15.3. The Bertz CT molecular complexity index is 420. The second kappa shape index (κ2) is 6.10. The summed E-state index contributed by atoms with van der Waals surface area (Å²) in [6, 6.07) is 4.26. The Morgan fingerprint density at radius 3 is 2.40 bits per heavy atom. The number of aliphatic hydroxyl groups is 1. The van der Waals surface area contributed by atoms with Crippen LogP contribution in [0, 0.1) is 0 Å². The number of piperidine rings is 1. The fourth-order valence-corrected chi connectivity index (χ4v) is 2.85. The molecule has 0 atom stereocenters. The number of anilines is 1. The van der Waals surface area contributed by atoms with Gasteiger partial charge in [0.05, 0.1) is 17.5 Å². The maximum absolute atomic E-state index is 10.5. The smallest absolute Gasteiger partial charge is 0.0807 e. The minimum Gasteiger partial charge on any atom is -0.388 e. The van der Waals surface area contributed by atoms with Gasteiger partial charge in [-0.05, 0) is 45.0 Å². The molecule has 4 heteroatoms. The van der Waals surface area contributed by atoms with Crippen molar-refractivity contribution >= 4 is 5.69 Å². The van der Waals surface area contributed by atoms with Crippen LogP contribution >= 0.6 is 0 Å². The average Bonchev–Trinajstić information content (AvgIpc) is 2.38. The van der Waals surface area contributed by atoms with E-state index in [-0.39, 0.29) is 0 Å². The van der Waals surface area contributed by atoms with Crippen molar-refractivity contribution in [2.45, 2.75) is 38.2 Å². The van der Waals surface area contributed by atoms with Gasteiger partial charge in [-0.1, -0.05) is 13.8 Å². The van der Waals surface area contributed by atoms with E-state index in [0.29, 0.717) is 5.92 Å². The van der Waals surface area contributed by atoms with Crippen LogP contribution in [0.3, 0.4) is 0 Å². The van der Waals surface area contributed by atoms with Gasteiger partial charge in [-0.15, -0.1) is 0 Å². The van der Waals surface area contributed by atoms with Crippen LogP contribution in [0.15, 0.2) is 18.3 Å². The fraction of sp³-hybridized carbons (Fsp3) is 0.688. The molecule has 1 fully saturated rings. The molecular weight excluding hydrogens is 250 g/mol. The number of pyridine rings is 1. The molecule has 0 spiro atoms. The van der Waals surface area contributed by atoms with Crippen LogP contribution in [0.5, 0.6) is 0 Å². The second-order valence-corrected chi connectivity index (χ2v) is 6.55. The first-order valence-corrected chi connectivity index (χ1v) is 7.48. The minimum atomic E-state index is -0.536. The maximum Gasteiger partial charge on any atom is 0.0807 e. The largest absolute Gasteiger partial charge is 0.388 e. The molecule has 112 valence electrons. The fourth-order valence-electron chi connectivity index (χ4n) is 2.85. The lowest BCUT2D eigenvalue weighted by atomic mass is 9.91. The molecule has 1 N–H and O–H groups in total. The molecule has 2 rings (SSSR count). The highest BCUT2D eigenvalue weighted by molar-refractivity contribution is 5.45. The monoisotopic (exact) mass is 277 g/mol. The molecule has 0 aliphatic carbocycles. The van der Waals surface area contributed by atoms with Gasteiger partial charge in [0.25, 0.3) is 0 Å². The van der Waals surface area contributed by atoms with E-state index in [0.717, 1.165) is 38.2 Å². The Kier molecular flexibility index (Phi) is 4.66. The molecule has 0 bridgehead atoms. The van der Waals surface area contributed by atoms with E-state index in [2.05, 4.69) is 40.8 Å². The van der Waals surface area contributed by atoms with Gasteiger partial charge in [0.2, 0.25) is 0 Å². The van der Waals surface area contributed by atoms with E-state index < -0.39 is 5.60 Å². The van der Waals surface area contributed by atoms with Gasteiger partial charge in [0, 0.05) is 25.3 Å². The Morgan fingerprint density at radius 2 is 1.95 bits per heavy atom. The van der Waals surface area contributed by atoms with Gasteiger partial charge in [-0.25, -0.2) is 0 Å². The van der Waals surface area contributed by atoms with Gasteiger partial charge in [0.15, 0.2) is 0 Å². The van der Waals surface area contributed by atoms with Crippen molar-refractivity contribution in [1.29, 1.82) is 0 Å². The molecule has 0 unspecified atom stereocenters. The minimum absolute atomic E-state index is 0.468. The van der Waals surface area contributed by atoms with E-state index in [1.165, 1.54) is 5.69 Å². The number of likely N-dealkylation sites (N-methyl/N-ethyl adjacent to an activating group) is 1. The summed E-state index contributed by atoms with van der Waals surface area (Å²) in [6.07, 6.45) is 3.60. The summed E-state index contributed by atoms with van der Waals surface area (Å²) in [4.78, 5) is 8.91. The molecule has 0 amide bonds. The molecule has 1 aliphatic heterocycles. The van der Waals surface area contributed by atoms with Crippen LogP contribution in [-0.2, 0) is 0 Å². The molecule has 1 aromatic rings.